The highest BCUT2D eigenvalue weighted by Gasteiger charge is 2.03. The molecular formula is C5H13N2P. The predicted octanol–water partition coefficient (Wildman–Crippen LogP) is 2.16. The maximum Gasteiger partial charge on any atom is 0.103 e. The summed E-state index contributed by atoms with van der Waals surface area (Å²) in [5.74, 6) is 0.476. The quantitative estimate of drug-likeness (QED) is 0.546. The third kappa shape index (κ3) is 2.41. The smallest absolute Gasteiger partial charge is 0.103 e. The first kappa shape index (κ1) is 8.09. The van der Waals surface area contributed by atoms with Crippen LogP contribution < -0.4 is 5.50 Å². The Balaban J connectivity index is 4.00. The van der Waals surface area contributed by atoms with Crippen molar-refractivity contribution in [1.29, 1.82) is 0 Å². The molecule has 0 heterocycles. The maximum atomic E-state index is 7.12. The summed E-state index contributed by atoms with van der Waals surface area (Å²) >= 11 is 0. The van der Waals surface area contributed by atoms with Gasteiger partial charge in [0.25, 0.3) is 0 Å². The van der Waals surface area contributed by atoms with Crippen molar-refractivity contribution < 1.29 is 0 Å². The fourth-order valence-electron chi connectivity index (χ4n) is 0.278. The molecule has 0 aliphatic carbocycles. The van der Waals surface area contributed by atoms with Crippen LogP contribution in [0.4, 0.5) is 0 Å². The van der Waals surface area contributed by atoms with Crippen LogP contribution in [0.1, 0.15) is 20.8 Å². The van der Waals surface area contributed by atoms with Crippen LogP contribution in [0.25, 0.3) is 5.50 Å². The Morgan fingerprint density at radius 3 is 2.00 bits per heavy atom. The molecular weight excluding hydrogens is 119 g/mol. The van der Waals surface area contributed by atoms with Crippen LogP contribution in [-0.2, 0) is 0 Å². The summed E-state index contributed by atoms with van der Waals surface area (Å²) < 4.78 is 0. The minimum absolute atomic E-state index is 0.476. The van der Waals surface area contributed by atoms with Crippen molar-refractivity contribution >= 4 is 13.1 Å². The Bertz CT molecular complexity index is 103. The molecule has 48 valence electrons. The van der Waals surface area contributed by atoms with Crippen molar-refractivity contribution in [3.8, 4) is 0 Å². The molecule has 1 atom stereocenters. The van der Waals surface area contributed by atoms with Crippen molar-refractivity contribution in [3.05, 3.63) is 5.50 Å². The second-order valence-electron chi connectivity index (χ2n) is 2.17. The molecule has 2 nitrogen and oxygen atoms in total. The molecule has 0 saturated heterocycles. The highest BCUT2D eigenvalue weighted by Crippen LogP contribution is 2.17. The molecule has 0 saturated carbocycles. The van der Waals surface area contributed by atoms with Gasteiger partial charge in [0, 0.05) is 5.92 Å². The molecule has 0 aromatic carbocycles. The molecule has 0 rings (SSSR count). The van der Waals surface area contributed by atoms with E-state index in [-0.39, 0.29) is 0 Å². The normalized spacial score (nSPS) is 14.2. The lowest BCUT2D eigenvalue weighted by Gasteiger charge is -1.99. The van der Waals surface area contributed by atoms with Gasteiger partial charge in [-0.15, -0.1) is 0 Å². The van der Waals surface area contributed by atoms with E-state index in [0.717, 1.165) is 5.29 Å². The molecule has 0 fully saturated rings. The monoisotopic (exact) mass is 132 g/mol. The van der Waals surface area contributed by atoms with Gasteiger partial charge in [-0.1, -0.05) is 13.8 Å². The van der Waals surface area contributed by atoms with E-state index in [1.165, 1.54) is 0 Å². The Hall–Kier alpha value is 0.0900. The molecule has 0 spiro atoms. The van der Waals surface area contributed by atoms with Crippen molar-refractivity contribution in [2.75, 3.05) is 0 Å². The minimum Gasteiger partial charge on any atom is -0.438 e. The Labute approximate surface area is 51.7 Å². The van der Waals surface area contributed by atoms with Gasteiger partial charge in [-0.05, 0) is 6.92 Å². The van der Waals surface area contributed by atoms with Crippen LogP contribution in [0, 0.1) is 5.92 Å². The summed E-state index contributed by atoms with van der Waals surface area (Å²) in [7, 11) is -1.03. The van der Waals surface area contributed by atoms with Crippen molar-refractivity contribution in [2.24, 2.45) is 11.4 Å². The fraction of sp³-hybridized carbons (Fsp3) is 0.800. The van der Waals surface area contributed by atoms with E-state index in [9.17, 15) is 0 Å². The van der Waals surface area contributed by atoms with Crippen LogP contribution in [0.5, 0.6) is 0 Å². The molecule has 3 heteroatoms. The van der Waals surface area contributed by atoms with Gasteiger partial charge in [-0.3, -0.25) is 0 Å². The van der Waals surface area contributed by atoms with Gasteiger partial charge in [0.05, 0.1) is 7.85 Å². The topological polar surface area (TPSA) is 49.8 Å². The second-order valence-corrected chi connectivity index (χ2v) is 3.61. The average molecular weight is 132 g/mol. The summed E-state index contributed by atoms with van der Waals surface area (Å²) in [6.45, 7) is 6.07. The molecule has 0 aliphatic rings. The zero-order valence-electron chi connectivity index (χ0n) is 5.60. The molecule has 0 aliphatic heterocycles. The molecule has 3 N–H and O–H groups in total. The summed E-state index contributed by atoms with van der Waals surface area (Å²) in [6.07, 6.45) is 0. The third-order valence-corrected chi connectivity index (χ3v) is 2.49. The first-order chi connectivity index (χ1) is 3.55. The van der Waals surface area contributed by atoms with E-state index in [4.69, 9.17) is 11.0 Å². The summed E-state index contributed by atoms with van der Waals surface area (Å²) in [6, 6.07) is 0. The van der Waals surface area contributed by atoms with E-state index in [1.54, 1.807) is 0 Å². The largest absolute Gasteiger partial charge is 0.438 e. The van der Waals surface area contributed by atoms with E-state index >= 15 is 0 Å². The number of hydrogen-bond acceptors (Lipinski definition) is 1. The minimum atomic E-state index is -1.03. The summed E-state index contributed by atoms with van der Waals surface area (Å²) in [4.78, 5) is 0. The molecule has 0 radical (unpaired) electrons. The average Bonchev–Trinajstić information content (AvgIpc) is 1.64. The Kier molecular flexibility index (Phi) is 3.22. The van der Waals surface area contributed by atoms with E-state index in [0.29, 0.717) is 5.92 Å². The second kappa shape index (κ2) is 3.18. The van der Waals surface area contributed by atoms with Gasteiger partial charge in [-0.2, -0.15) is 5.50 Å². The number of rotatable bonds is 1. The van der Waals surface area contributed by atoms with Crippen LogP contribution in [0.15, 0.2) is 0 Å². The molecule has 8 heavy (non-hydrogen) atoms. The van der Waals surface area contributed by atoms with Crippen LogP contribution in [0.3, 0.4) is 0 Å². The summed E-state index contributed by atoms with van der Waals surface area (Å²) in [5, 5.41) is 1.11. The van der Waals surface area contributed by atoms with Gasteiger partial charge < -0.3 is 5.50 Å². The Morgan fingerprint density at radius 1 is 1.62 bits per heavy atom. The van der Waals surface area contributed by atoms with E-state index < -0.39 is 7.85 Å². The molecule has 0 amide bonds. The number of nitrogens with two attached hydrogens (primary N) is 1. The lowest BCUT2D eigenvalue weighted by Crippen LogP contribution is -2.01. The Morgan fingerprint density at radius 2 is 2.00 bits per heavy atom. The van der Waals surface area contributed by atoms with Gasteiger partial charge in [0.1, 0.15) is 5.29 Å². The van der Waals surface area contributed by atoms with Gasteiger partial charge in [0.2, 0.25) is 0 Å². The number of nitrogens with one attached hydrogen (secondary N) is 1. The van der Waals surface area contributed by atoms with Gasteiger partial charge in [-0.25, -0.2) is 0 Å². The zero-order valence-corrected chi connectivity index (χ0v) is 6.50. The third-order valence-electron chi connectivity index (χ3n) is 1.22. The molecule has 0 aromatic heterocycles. The number of hydrogen-bond donors (Lipinski definition) is 1. The first-order valence-electron chi connectivity index (χ1n) is 2.65. The summed E-state index contributed by atoms with van der Waals surface area (Å²) in [5.41, 5.74) is 12.5. The van der Waals surface area contributed by atoms with Gasteiger partial charge in [0.15, 0.2) is 0 Å². The van der Waals surface area contributed by atoms with E-state index in [2.05, 4.69) is 13.8 Å². The zero-order chi connectivity index (χ0) is 6.73. The lowest BCUT2D eigenvalue weighted by atomic mass is 10.2. The molecule has 1 unspecified atom stereocenters. The van der Waals surface area contributed by atoms with Crippen LogP contribution >= 0.6 is 7.85 Å². The van der Waals surface area contributed by atoms with Crippen molar-refractivity contribution in [2.45, 2.75) is 20.8 Å². The SMILES string of the molecule is C/C(C(C)C)=[P+](\[NH-])N. The lowest BCUT2D eigenvalue weighted by molar-refractivity contribution is 0.895. The van der Waals surface area contributed by atoms with Gasteiger partial charge >= 0.3 is 0 Å². The maximum absolute atomic E-state index is 7.12. The van der Waals surface area contributed by atoms with Crippen LogP contribution in [0.2, 0.25) is 0 Å². The first-order valence-corrected chi connectivity index (χ1v) is 4.06. The highest BCUT2D eigenvalue weighted by molar-refractivity contribution is 7.58. The molecule has 0 aromatic rings. The van der Waals surface area contributed by atoms with Crippen molar-refractivity contribution in [1.82, 2.24) is 0 Å². The van der Waals surface area contributed by atoms with Crippen LogP contribution in [-0.4, -0.2) is 5.29 Å². The fourth-order valence-corrected chi connectivity index (χ4v) is 0.835. The van der Waals surface area contributed by atoms with E-state index in [1.807, 2.05) is 6.92 Å². The standard InChI is InChI=1S/C5H13N2P/c1-4(2)5(3)8(6)7/h4H,1-3H3,(H3,6,7). The highest BCUT2D eigenvalue weighted by atomic mass is 31.1. The molecule has 0 bridgehead atoms. The van der Waals surface area contributed by atoms with Crippen molar-refractivity contribution in [3.63, 3.8) is 0 Å². The predicted molar refractivity (Wildman–Crippen MR) is 40.9 cm³/mol.